The van der Waals surface area contributed by atoms with Crippen LogP contribution in [0.5, 0.6) is 0 Å². The number of amides is 1. The summed E-state index contributed by atoms with van der Waals surface area (Å²) >= 11 is 0. The lowest BCUT2D eigenvalue weighted by molar-refractivity contribution is -0.168. The van der Waals surface area contributed by atoms with Crippen molar-refractivity contribution >= 4 is 23.9 Å². The number of carbonyl (C=O) groups excluding carboxylic acids is 3. The largest absolute Gasteiger partial charge is 0.464 e. The number of benzene rings is 1. The topological polar surface area (TPSA) is 81.7 Å². The summed E-state index contributed by atoms with van der Waals surface area (Å²) in [4.78, 5) is 36.8. The molecular weight excluding hydrogens is 310 g/mol. The summed E-state index contributed by atoms with van der Waals surface area (Å²) in [5, 5.41) is 2.44. The monoisotopic (exact) mass is 333 g/mol. The van der Waals surface area contributed by atoms with Crippen molar-refractivity contribution in [3.63, 3.8) is 0 Å². The van der Waals surface area contributed by atoms with E-state index in [1.54, 1.807) is 38.1 Å². The predicted molar refractivity (Wildman–Crippen MR) is 90.1 cm³/mol. The highest BCUT2D eigenvalue weighted by molar-refractivity contribution is 6.08. The summed E-state index contributed by atoms with van der Waals surface area (Å²) in [7, 11) is 0. The fraction of sp³-hybridized carbons (Fsp3) is 0.389. The molecule has 130 valence electrons. The van der Waals surface area contributed by atoms with Crippen LogP contribution in [0.1, 0.15) is 31.9 Å². The van der Waals surface area contributed by atoms with Crippen molar-refractivity contribution in [2.75, 3.05) is 13.2 Å². The number of carbonyl (C=O) groups is 3. The molecule has 0 aliphatic carbocycles. The molecule has 6 nitrogen and oxygen atoms in total. The van der Waals surface area contributed by atoms with Crippen LogP contribution in [0.25, 0.3) is 6.08 Å². The average molecular weight is 333 g/mol. The Kier molecular flexibility index (Phi) is 7.17. The Morgan fingerprint density at radius 1 is 1.12 bits per heavy atom. The molecule has 1 amide bonds. The van der Waals surface area contributed by atoms with Gasteiger partial charge in [-0.25, -0.2) is 9.59 Å². The summed E-state index contributed by atoms with van der Waals surface area (Å²) in [6, 6.07) is 7.15. The third-order valence-electron chi connectivity index (χ3n) is 3.37. The molecule has 0 radical (unpaired) electrons. The quantitative estimate of drug-likeness (QED) is 0.580. The van der Waals surface area contributed by atoms with Crippen molar-refractivity contribution in [3.05, 3.63) is 42.0 Å². The van der Waals surface area contributed by atoms with Crippen LogP contribution in [0.3, 0.4) is 0 Å². The van der Waals surface area contributed by atoms with E-state index in [1.807, 2.05) is 6.07 Å². The lowest BCUT2D eigenvalue weighted by atomic mass is 9.88. The molecule has 0 atom stereocenters. The van der Waals surface area contributed by atoms with E-state index >= 15 is 0 Å². The van der Waals surface area contributed by atoms with E-state index < -0.39 is 23.4 Å². The number of rotatable bonds is 8. The summed E-state index contributed by atoms with van der Waals surface area (Å²) in [5.74, 6) is -2.23. The second kappa shape index (κ2) is 8.86. The van der Waals surface area contributed by atoms with Gasteiger partial charge < -0.3 is 14.8 Å². The van der Waals surface area contributed by atoms with Crippen molar-refractivity contribution in [3.8, 4) is 0 Å². The Hall–Kier alpha value is -2.63. The Bertz CT molecular complexity index is 606. The highest BCUT2D eigenvalue weighted by Gasteiger charge is 2.50. The number of ether oxygens (including phenoxy) is 2. The van der Waals surface area contributed by atoms with Gasteiger partial charge in [-0.3, -0.25) is 4.79 Å². The molecule has 1 rings (SSSR count). The first kappa shape index (κ1) is 19.4. The van der Waals surface area contributed by atoms with Crippen LogP contribution < -0.4 is 5.32 Å². The summed E-state index contributed by atoms with van der Waals surface area (Å²) in [5.41, 5.74) is -0.514. The summed E-state index contributed by atoms with van der Waals surface area (Å²) < 4.78 is 10.1. The van der Waals surface area contributed by atoms with E-state index in [2.05, 4.69) is 11.9 Å². The molecule has 1 aromatic carbocycles. The van der Waals surface area contributed by atoms with Gasteiger partial charge in [0.1, 0.15) is 0 Å². The molecule has 0 saturated carbocycles. The maximum atomic E-state index is 12.6. The van der Waals surface area contributed by atoms with Crippen molar-refractivity contribution < 1.29 is 23.9 Å². The van der Waals surface area contributed by atoms with Gasteiger partial charge in [-0.05, 0) is 25.0 Å². The van der Waals surface area contributed by atoms with Gasteiger partial charge in [0.25, 0.3) is 0 Å². The zero-order valence-corrected chi connectivity index (χ0v) is 14.3. The zero-order chi connectivity index (χ0) is 18.2. The Balaban J connectivity index is 3.42. The molecular formula is C18H23NO5. The third kappa shape index (κ3) is 4.44. The molecule has 6 heteroatoms. The van der Waals surface area contributed by atoms with Gasteiger partial charge >= 0.3 is 11.9 Å². The summed E-state index contributed by atoms with van der Waals surface area (Å²) in [6.07, 6.45) is 1.52. The smallest absolute Gasteiger partial charge is 0.344 e. The lowest BCUT2D eigenvalue weighted by Gasteiger charge is -2.30. The summed E-state index contributed by atoms with van der Waals surface area (Å²) in [6.45, 7) is 8.35. The van der Waals surface area contributed by atoms with Crippen LogP contribution in [0.4, 0.5) is 0 Å². The Labute approximate surface area is 141 Å². The predicted octanol–water partition coefficient (Wildman–Crippen LogP) is 1.87. The van der Waals surface area contributed by atoms with E-state index in [0.717, 1.165) is 5.56 Å². The van der Waals surface area contributed by atoms with Crippen molar-refractivity contribution in [2.24, 2.45) is 0 Å². The van der Waals surface area contributed by atoms with Crippen LogP contribution in [-0.4, -0.2) is 36.6 Å². The van der Waals surface area contributed by atoms with Gasteiger partial charge in [0, 0.05) is 13.3 Å². The third-order valence-corrected chi connectivity index (χ3v) is 3.37. The van der Waals surface area contributed by atoms with Crippen molar-refractivity contribution in [1.29, 1.82) is 0 Å². The molecule has 0 unspecified atom stereocenters. The van der Waals surface area contributed by atoms with E-state index in [9.17, 15) is 14.4 Å². The van der Waals surface area contributed by atoms with Crippen LogP contribution in [0.15, 0.2) is 30.8 Å². The minimum Gasteiger partial charge on any atom is -0.464 e. The second-order valence-electron chi connectivity index (χ2n) is 5.11. The number of nitrogens with one attached hydrogen (secondary N) is 1. The fourth-order valence-corrected chi connectivity index (χ4v) is 2.36. The molecule has 0 aliphatic heterocycles. The maximum absolute atomic E-state index is 12.6. The minimum absolute atomic E-state index is 0.0721. The lowest BCUT2D eigenvalue weighted by Crippen LogP contribution is -2.62. The molecule has 0 aromatic heterocycles. The van der Waals surface area contributed by atoms with Gasteiger partial charge in [-0.2, -0.15) is 0 Å². The van der Waals surface area contributed by atoms with Crippen LogP contribution >= 0.6 is 0 Å². The van der Waals surface area contributed by atoms with E-state index in [4.69, 9.17) is 9.47 Å². The standard InChI is InChI=1S/C18H23NO5/c1-5-14-10-8-9-11-15(14)12-18(19-13(4)20,16(21)23-6-2)17(22)24-7-3/h5,8-11H,1,6-7,12H2,2-4H3,(H,19,20). The van der Waals surface area contributed by atoms with Gasteiger partial charge in [-0.15, -0.1) is 0 Å². The fourth-order valence-electron chi connectivity index (χ4n) is 2.36. The SMILES string of the molecule is C=Cc1ccccc1CC(NC(C)=O)(C(=O)OCC)C(=O)OCC. The second-order valence-corrected chi connectivity index (χ2v) is 5.11. The molecule has 0 spiro atoms. The molecule has 0 saturated heterocycles. The molecule has 1 N–H and O–H groups in total. The number of esters is 2. The van der Waals surface area contributed by atoms with E-state index in [0.29, 0.717) is 5.56 Å². The minimum atomic E-state index is -1.93. The first-order valence-electron chi connectivity index (χ1n) is 7.74. The van der Waals surface area contributed by atoms with Gasteiger partial charge in [0.2, 0.25) is 11.4 Å². The Morgan fingerprint density at radius 3 is 2.12 bits per heavy atom. The highest BCUT2D eigenvalue weighted by atomic mass is 16.6. The van der Waals surface area contributed by atoms with Crippen molar-refractivity contribution in [2.45, 2.75) is 32.7 Å². The molecule has 0 heterocycles. The molecule has 0 aliphatic rings. The molecule has 0 bridgehead atoms. The zero-order valence-electron chi connectivity index (χ0n) is 14.3. The number of hydrogen-bond donors (Lipinski definition) is 1. The molecule has 0 fully saturated rings. The van der Waals surface area contributed by atoms with Crippen molar-refractivity contribution in [1.82, 2.24) is 5.32 Å². The first-order valence-corrected chi connectivity index (χ1v) is 7.74. The molecule has 1 aromatic rings. The van der Waals surface area contributed by atoms with Crippen LogP contribution in [0, 0.1) is 0 Å². The molecule has 24 heavy (non-hydrogen) atoms. The van der Waals surface area contributed by atoms with Gasteiger partial charge in [-0.1, -0.05) is 36.9 Å². The number of hydrogen-bond acceptors (Lipinski definition) is 5. The first-order chi connectivity index (χ1) is 11.4. The van der Waals surface area contributed by atoms with Gasteiger partial charge in [0.15, 0.2) is 0 Å². The van der Waals surface area contributed by atoms with Crippen LogP contribution in [0.2, 0.25) is 0 Å². The highest BCUT2D eigenvalue weighted by Crippen LogP contribution is 2.22. The Morgan fingerprint density at radius 2 is 1.67 bits per heavy atom. The van der Waals surface area contributed by atoms with Crippen LogP contribution in [-0.2, 0) is 30.3 Å². The van der Waals surface area contributed by atoms with E-state index in [-0.39, 0.29) is 19.6 Å². The normalized spacial score (nSPS) is 10.6. The van der Waals surface area contributed by atoms with E-state index in [1.165, 1.54) is 6.92 Å². The van der Waals surface area contributed by atoms with Gasteiger partial charge in [0.05, 0.1) is 13.2 Å². The maximum Gasteiger partial charge on any atom is 0.344 e. The average Bonchev–Trinajstić information content (AvgIpc) is 2.54.